The van der Waals surface area contributed by atoms with Crippen LogP contribution in [0, 0.1) is 10.1 Å². The highest BCUT2D eigenvalue weighted by Crippen LogP contribution is 2.37. The Labute approximate surface area is 177 Å². The number of aromatic hydroxyl groups is 1. The van der Waals surface area contributed by atoms with E-state index in [9.17, 15) is 33.2 Å². The number of rotatable bonds is 5. The van der Waals surface area contributed by atoms with Gasteiger partial charge in [0.2, 0.25) is 5.75 Å². The normalized spacial score (nSPS) is 15.2. The van der Waals surface area contributed by atoms with Gasteiger partial charge in [-0.05, 0) is 54.2 Å². The number of carbonyl (C=O) groups excluding carboxylic acids is 1. The number of phenols is 1. The molecule has 1 saturated heterocycles. The van der Waals surface area contributed by atoms with Crippen LogP contribution < -0.4 is 19.7 Å². The predicted octanol–water partition coefficient (Wildman–Crippen LogP) is 3.47. The van der Waals surface area contributed by atoms with Crippen molar-refractivity contribution in [3.05, 3.63) is 57.8 Å². The predicted molar refractivity (Wildman–Crippen MR) is 106 cm³/mol. The Morgan fingerprint density at radius 1 is 1.26 bits per heavy atom. The Bertz CT molecular complexity index is 1100. The maximum absolute atomic E-state index is 12.8. The van der Waals surface area contributed by atoms with Crippen molar-refractivity contribution in [1.29, 1.82) is 0 Å². The van der Waals surface area contributed by atoms with Crippen LogP contribution in [0.15, 0.2) is 42.1 Å². The highest BCUT2D eigenvalue weighted by atomic mass is 32.1. The second-order valence-electron chi connectivity index (χ2n) is 6.02. The van der Waals surface area contributed by atoms with E-state index in [1.54, 1.807) is 0 Å². The third kappa shape index (κ3) is 4.66. The Morgan fingerprint density at radius 2 is 1.90 bits per heavy atom. The minimum Gasteiger partial charge on any atom is -0.500 e. The number of nitrogens with one attached hydrogen (secondary N) is 1. The van der Waals surface area contributed by atoms with E-state index in [0.29, 0.717) is 0 Å². The van der Waals surface area contributed by atoms with E-state index in [2.05, 4.69) is 10.1 Å². The summed E-state index contributed by atoms with van der Waals surface area (Å²) in [5, 5.41) is 23.6. The first-order chi connectivity index (χ1) is 14.5. The SMILES string of the molecule is COc1cc(/C=C2\NC(=S)N(c3ccc(OC(F)(F)F)cc3)C2=O)cc([N+](=O)[O-])c1O. The highest BCUT2D eigenvalue weighted by Gasteiger charge is 2.34. The van der Waals surface area contributed by atoms with Gasteiger partial charge in [-0.15, -0.1) is 13.2 Å². The van der Waals surface area contributed by atoms with Crippen LogP contribution in [0.5, 0.6) is 17.2 Å². The third-order valence-corrected chi connectivity index (χ3v) is 4.30. The lowest BCUT2D eigenvalue weighted by molar-refractivity contribution is -0.386. The van der Waals surface area contributed by atoms with Crippen LogP contribution in [-0.2, 0) is 4.79 Å². The minimum atomic E-state index is -4.86. The molecule has 1 aliphatic heterocycles. The molecule has 1 fully saturated rings. The molecule has 1 amide bonds. The Balaban J connectivity index is 1.91. The largest absolute Gasteiger partial charge is 0.573 e. The van der Waals surface area contributed by atoms with Crippen molar-refractivity contribution in [2.24, 2.45) is 0 Å². The molecule has 0 spiro atoms. The van der Waals surface area contributed by atoms with Gasteiger partial charge in [-0.2, -0.15) is 0 Å². The zero-order chi connectivity index (χ0) is 22.9. The molecule has 0 atom stereocenters. The van der Waals surface area contributed by atoms with E-state index in [1.165, 1.54) is 31.4 Å². The molecule has 1 heterocycles. The van der Waals surface area contributed by atoms with Crippen molar-refractivity contribution in [1.82, 2.24) is 5.32 Å². The zero-order valence-corrected chi connectivity index (χ0v) is 16.3. The number of hydrogen-bond donors (Lipinski definition) is 2. The quantitative estimate of drug-likeness (QED) is 0.305. The van der Waals surface area contributed by atoms with E-state index in [1.807, 2.05) is 0 Å². The molecule has 0 aromatic heterocycles. The van der Waals surface area contributed by atoms with Crippen molar-refractivity contribution >= 4 is 40.7 Å². The van der Waals surface area contributed by atoms with Crippen LogP contribution in [-0.4, -0.2) is 34.5 Å². The molecule has 2 aromatic carbocycles. The van der Waals surface area contributed by atoms with Crippen molar-refractivity contribution < 1.29 is 37.5 Å². The van der Waals surface area contributed by atoms with E-state index in [0.717, 1.165) is 23.1 Å². The van der Waals surface area contributed by atoms with Crippen LogP contribution in [0.1, 0.15) is 5.56 Å². The van der Waals surface area contributed by atoms with Crippen LogP contribution in [0.4, 0.5) is 24.5 Å². The number of nitro groups is 1. The number of amides is 1. The molecule has 0 unspecified atom stereocenters. The van der Waals surface area contributed by atoms with E-state index < -0.39 is 34.4 Å². The number of phenolic OH excluding ortho intramolecular Hbond substituents is 1. The monoisotopic (exact) mass is 455 g/mol. The van der Waals surface area contributed by atoms with Crippen molar-refractivity contribution in [2.45, 2.75) is 6.36 Å². The third-order valence-electron chi connectivity index (χ3n) is 4.01. The molecule has 0 radical (unpaired) electrons. The number of nitro benzene ring substituents is 1. The van der Waals surface area contributed by atoms with Crippen LogP contribution >= 0.6 is 12.2 Å². The van der Waals surface area contributed by atoms with E-state index >= 15 is 0 Å². The molecule has 0 bridgehead atoms. The molecule has 3 rings (SSSR count). The van der Waals surface area contributed by atoms with Crippen molar-refractivity contribution in [3.63, 3.8) is 0 Å². The maximum atomic E-state index is 12.8. The molecule has 31 heavy (non-hydrogen) atoms. The Hall–Kier alpha value is -3.87. The number of hydrogen-bond acceptors (Lipinski definition) is 7. The Kier molecular flexibility index (Phi) is 5.71. The van der Waals surface area contributed by atoms with Gasteiger partial charge < -0.3 is 19.9 Å². The topological polar surface area (TPSA) is 114 Å². The van der Waals surface area contributed by atoms with Gasteiger partial charge in [-0.3, -0.25) is 19.8 Å². The standard InChI is InChI=1S/C18H12F3N3O6S/c1-29-14-8-9(7-13(15(14)25)24(27)28)6-12-16(26)23(17(31)22-12)10-2-4-11(5-3-10)30-18(19,20)21/h2-8,25H,1H3,(H,22,31)/b12-6-. The van der Waals surface area contributed by atoms with Gasteiger partial charge in [0.1, 0.15) is 11.4 Å². The summed E-state index contributed by atoms with van der Waals surface area (Å²) in [4.78, 5) is 24.1. The minimum absolute atomic E-state index is 0.0531. The number of anilines is 1. The molecule has 9 nitrogen and oxygen atoms in total. The molecular weight excluding hydrogens is 443 g/mol. The Morgan fingerprint density at radius 3 is 2.45 bits per heavy atom. The van der Waals surface area contributed by atoms with Crippen LogP contribution in [0.2, 0.25) is 0 Å². The lowest BCUT2D eigenvalue weighted by Crippen LogP contribution is -2.30. The molecule has 162 valence electrons. The van der Waals surface area contributed by atoms with E-state index in [-0.39, 0.29) is 27.8 Å². The number of carbonyl (C=O) groups is 1. The number of methoxy groups -OCH3 is 1. The number of benzene rings is 2. The molecule has 13 heteroatoms. The molecular formula is C18H12F3N3O6S. The smallest absolute Gasteiger partial charge is 0.500 e. The lowest BCUT2D eigenvalue weighted by Gasteiger charge is -2.15. The zero-order valence-electron chi connectivity index (χ0n) is 15.5. The highest BCUT2D eigenvalue weighted by molar-refractivity contribution is 7.80. The van der Waals surface area contributed by atoms with Gasteiger partial charge in [0.15, 0.2) is 10.9 Å². The summed E-state index contributed by atoms with van der Waals surface area (Å²) in [7, 11) is 1.21. The second-order valence-corrected chi connectivity index (χ2v) is 6.41. The first kappa shape index (κ1) is 21.8. The van der Waals surface area contributed by atoms with Gasteiger partial charge in [0.05, 0.1) is 17.7 Å². The van der Waals surface area contributed by atoms with Gasteiger partial charge in [-0.25, -0.2) is 0 Å². The van der Waals surface area contributed by atoms with Crippen molar-refractivity contribution in [3.8, 4) is 17.2 Å². The number of halogens is 3. The number of alkyl halides is 3. The van der Waals surface area contributed by atoms with E-state index in [4.69, 9.17) is 17.0 Å². The van der Waals surface area contributed by atoms with Crippen LogP contribution in [0.25, 0.3) is 6.08 Å². The van der Waals surface area contributed by atoms with Crippen LogP contribution in [0.3, 0.4) is 0 Å². The lowest BCUT2D eigenvalue weighted by atomic mass is 10.1. The summed E-state index contributed by atoms with van der Waals surface area (Å²) < 4.78 is 45.6. The summed E-state index contributed by atoms with van der Waals surface area (Å²) >= 11 is 5.12. The summed E-state index contributed by atoms with van der Waals surface area (Å²) in [6, 6.07) is 6.78. The first-order valence-electron chi connectivity index (χ1n) is 8.28. The molecule has 0 saturated carbocycles. The van der Waals surface area contributed by atoms with Crippen molar-refractivity contribution in [2.75, 3.05) is 12.0 Å². The number of thiocarbonyl (C=S) groups is 1. The van der Waals surface area contributed by atoms with Gasteiger partial charge in [0.25, 0.3) is 5.91 Å². The molecule has 1 aliphatic rings. The maximum Gasteiger partial charge on any atom is 0.573 e. The fourth-order valence-corrected chi connectivity index (χ4v) is 3.02. The van der Waals surface area contributed by atoms with Gasteiger partial charge in [0, 0.05) is 6.07 Å². The fourth-order valence-electron chi connectivity index (χ4n) is 2.73. The van der Waals surface area contributed by atoms with Gasteiger partial charge in [-0.1, -0.05) is 0 Å². The second kappa shape index (κ2) is 8.10. The average molecular weight is 455 g/mol. The summed E-state index contributed by atoms with van der Waals surface area (Å²) in [6.07, 6.45) is -3.60. The average Bonchev–Trinajstić information content (AvgIpc) is 2.95. The molecule has 2 N–H and O–H groups in total. The summed E-state index contributed by atoms with van der Waals surface area (Å²) in [5.41, 5.74) is -0.343. The fraction of sp³-hybridized carbons (Fsp3) is 0.111. The molecule has 0 aliphatic carbocycles. The number of ether oxygens (including phenoxy) is 2. The van der Waals surface area contributed by atoms with Gasteiger partial charge >= 0.3 is 12.0 Å². The summed E-state index contributed by atoms with van der Waals surface area (Å²) in [5.74, 6) is -1.96. The first-order valence-corrected chi connectivity index (χ1v) is 8.69. The molecule has 2 aromatic rings. The number of nitrogens with zero attached hydrogens (tertiary/aromatic N) is 2. The summed E-state index contributed by atoms with van der Waals surface area (Å²) in [6.45, 7) is 0.